The molecule has 1 aliphatic heterocycles. The van der Waals surface area contributed by atoms with E-state index in [-0.39, 0.29) is 0 Å². The molecule has 3 N–H and O–H groups in total. The first kappa shape index (κ1) is 11.4. The van der Waals surface area contributed by atoms with Crippen LogP contribution in [0.15, 0.2) is 0 Å². The molecule has 1 saturated carbocycles. The van der Waals surface area contributed by atoms with Crippen molar-refractivity contribution in [3.63, 3.8) is 0 Å². The molecule has 2 aliphatic rings. The lowest BCUT2D eigenvalue weighted by Crippen LogP contribution is -2.42. The minimum atomic E-state index is 0.481. The van der Waals surface area contributed by atoms with Crippen molar-refractivity contribution >= 4 is 0 Å². The van der Waals surface area contributed by atoms with Crippen molar-refractivity contribution in [1.29, 1.82) is 0 Å². The Labute approximate surface area is 93.4 Å². The average Bonchev–Trinajstić information content (AvgIpc) is 2.64. The SMILES string of the molecule is CN1CCC(NCC2CCC(N)C2)CC1. The van der Waals surface area contributed by atoms with Crippen LogP contribution >= 0.6 is 0 Å². The molecule has 88 valence electrons. The number of likely N-dealkylation sites (tertiary alicyclic amines) is 1. The van der Waals surface area contributed by atoms with E-state index in [1.807, 2.05) is 0 Å². The summed E-state index contributed by atoms with van der Waals surface area (Å²) >= 11 is 0. The molecule has 0 aromatic carbocycles. The molecular formula is C12H25N3. The van der Waals surface area contributed by atoms with Crippen LogP contribution in [0.4, 0.5) is 0 Å². The smallest absolute Gasteiger partial charge is 0.00915 e. The molecule has 1 aliphatic carbocycles. The maximum atomic E-state index is 5.92. The molecule has 0 bridgehead atoms. The van der Waals surface area contributed by atoms with E-state index in [2.05, 4.69) is 17.3 Å². The van der Waals surface area contributed by atoms with Gasteiger partial charge in [-0.3, -0.25) is 0 Å². The highest BCUT2D eigenvalue weighted by molar-refractivity contribution is 4.82. The van der Waals surface area contributed by atoms with Gasteiger partial charge < -0.3 is 16.0 Å². The molecule has 3 heteroatoms. The molecule has 0 aromatic heterocycles. The topological polar surface area (TPSA) is 41.3 Å². The fourth-order valence-corrected chi connectivity index (χ4v) is 2.85. The second-order valence-electron chi connectivity index (χ2n) is 5.42. The van der Waals surface area contributed by atoms with Crippen LogP contribution in [-0.2, 0) is 0 Å². The molecule has 0 spiro atoms. The van der Waals surface area contributed by atoms with Gasteiger partial charge >= 0.3 is 0 Å². The molecule has 2 atom stereocenters. The zero-order valence-electron chi connectivity index (χ0n) is 9.91. The predicted octanol–water partition coefficient (Wildman–Crippen LogP) is 0.798. The monoisotopic (exact) mass is 211 g/mol. The van der Waals surface area contributed by atoms with Crippen LogP contribution in [0.2, 0.25) is 0 Å². The first-order valence-corrected chi connectivity index (χ1v) is 6.41. The standard InChI is InChI=1S/C12H25N3/c1-15-6-4-12(5-7-15)14-9-10-2-3-11(13)8-10/h10-12,14H,2-9,13H2,1H3. The van der Waals surface area contributed by atoms with Gasteiger partial charge in [-0.15, -0.1) is 0 Å². The van der Waals surface area contributed by atoms with Crippen LogP contribution in [0.3, 0.4) is 0 Å². The third-order valence-corrected chi connectivity index (χ3v) is 4.00. The van der Waals surface area contributed by atoms with Gasteiger partial charge in [0.15, 0.2) is 0 Å². The summed E-state index contributed by atoms with van der Waals surface area (Å²) in [5.74, 6) is 0.847. The van der Waals surface area contributed by atoms with Crippen molar-refractivity contribution in [3.8, 4) is 0 Å². The summed E-state index contributed by atoms with van der Waals surface area (Å²) in [6, 6.07) is 1.24. The molecular weight excluding hydrogens is 186 g/mol. The number of nitrogens with zero attached hydrogens (tertiary/aromatic N) is 1. The molecule has 3 nitrogen and oxygen atoms in total. The van der Waals surface area contributed by atoms with Crippen LogP contribution in [-0.4, -0.2) is 43.7 Å². The van der Waals surface area contributed by atoms with E-state index in [0.717, 1.165) is 12.0 Å². The first-order chi connectivity index (χ1) is 7.24. The van der Waals surface area contributed by atoms with E-state index < -0.39 is 0 Å². The zero-order chi connectivity index (χ0) is 10.7. The maximum Gasteiger partial charge on any atom is 0.00915 e. The molecule has 1 saturated heterocycles. The molecule has 2 fully saturated rings. The largest absolute Gasteiger partial charge is 0.328 e. The highest BCUT2D eigenvalue weighted by Crippen LogP contribution is 2.23. The predicted molar refractivity (Wildman–Crippen MR) is 63.8 cm³/mol. The molecule has 2 rings (SSSR count). The quantitative estimate of drug-likeness (QED) is 0.725. The number of nitrogens with one attached hydrogen (secondary N) is 1. The maximum absolute atomic E-state index is 5.92. The van der Waals surface area contributed by atoms with Crippen LogP contribution in [0, 0.1) is 5.92 Å². The Hall–Kier alpha value is -0.120. The number of rotatable bonds is 3. The second-order valence-corrected chi connectivity index (χ2v) is 5.42. The van der Waals surface area contributed by atoms with Crippen molar-refractivity contribution in [2.75, 3.05) is 26.7 Å². The molecule has 0 amide bonds. The van der Waals surface area contributed by atoms with Gasteiger partial charge in [0, 0.05) is 12.1 Å². The van der Waals surface area contributed by atoms with Crippen molar-refractivity contribution < 1.29 is 0 Å². The van der Waals surface area contributed by atoms with E-state index >= 15 is 0 Å². The summed E-state index contributed by atoms with van der Waals surface area (Å²) < 4.78 is 0. The summed E-state index contributed by atoms with van der Waals surface area (Å²) in [5, 5.41) is 3.72. The minimum absolute atomic E-state index is 0.481. The fourth-order valence-electron chi connectivity index (χ4n) is 2.85. The number of piperidine rings is 1. The van der Waals surface area contributed by atoms with Gasteiger partial charge in [0.25, 0.3) is 0 Å². The van der Waals surface area contributed by atoms with Crippen molar-refractivity contribution in [1.82, 2.24) is 10.2 Å². The van der Waals surface area contributed by atoms with E-state index in [0.29, 0.717) is 6.04 Å². The van der Waals surface area contributed by atoms with Crippen molar-refractivity contribution in [3.05, 3.63) is 0 Å². The number of hydrogen-bond acceptors (Lipinski definition) is 3. The Balaban J connectivity index is 1.61. The highest BCUT2D eigenvalue weighted by atomic mass is 15.1. The third-order valence-electron chi connectivity index (χ3n) is 4.00. The van der Waals surface area contributed by atoms with E-state index in [4.69, 9.17) is 5.73 Å². The lowest BCUT2D eigenvalue weighted by atomic mass is 10.0. The van der Waals surface area contributed by atoms with Crippen molar-refractivity contribution in [2.45, 2.75) is 44.2 Å². The number of hydrogen-bond donors (Lipinski definition) is 2. The molecule has 15 heavy (non-hydrogen) atoms. The van der Waals surface area contributed by atoms with Crippen LogP contribution in [0.25, 0.3) is 0 Å². The van der Waals surface area contributed by atoms with E-state index in [1.165, 1.54) is 51.7 Å². The normalized spacial score (nSPS) is 34.8. The molecule has 2 unspecified atom stereocenters. The van der Waals surface area contributed by atoms with Gasteiger partial charge in [0.05, 0.1) is 0 Å². The van der Waals surface area contributed by atoms with E-state index in [9.17, 15) is 0 Å². The van der Waals surface area contributed by atoms with Crippen LogP contribution in [0.1, 0.15) is 32.1 Å². The Bertz CT molecular complexity index is 187. The Morgan fingerprint density at radius 2 is 1.93 bits per heavy atom. The number of nitrogens with two attached hydrogens (primary N) is 1. The summed E-state index contributed by atoms with van der Waals surface area (Å²) in [6.45, 7) is 3.70. The lowest BCUT2D eigenvalue weighted by molar-refractivity contribution is 0.230. The van der Waals surface area contributed by atoms with Gasteiger partial charge in [-0.25, -0.2) is 0 Å². The lowest BCUT2D eigenvalue weighted by Gasteiger charge is -2.30. The first-order valence-electron chi connectivity index (χ1n) is 6.41. The third kappa shape index (κ3) is 3.44. The summed E-state index contributed by atoms with van der Waals surface area (Å²) in [6.07, 6.45) is 6.44. The van der Waals surface area contributed by atoms with Crippen molar-refractivity contribution in [2.24, 2.45) is 11.7 Å². The Kier molecular flexibility index (Phi) is 4.00. The van der Waals surface area contributed by atoms with Gasteiger partial charge in [-0.1, -0.05) is 0 Å². The second kappa shape index (κ2) is 5.28. The summed E-state index contributed by atoms with van der Waals surface area (Å²) in [4.78, 5) is 2.42. The Morgan fingerprint density at radius 3 is 2.53 bits per heavy atom. The van der Waals surface area contributed by atoms with Crippen LogP contribution < -0.4 is 11.1 Å². The molecule has 0 aromatic rings. The zero-order valence-corrected chi connectivity index (χ0v) is 9.91. The average molecular weight is 211 g/mol. The van der Waals surface area contributed by atoms with Gasteiger partial charge in [-0.2, -0.15) is 0 Å². The summed E-state index contributed by atoms with van der Waals surface area (Å²) in [5.41, 5.74) is 5.92. The van der Waals surface area contributed by atoms with Gasteiger partial charge in [-0.05, 0) is 64.7 Å². The molecule has 0 radical (unpaired) electrons. The highest BCUT2D eigenvalue weighted by Gasteiger charge is 2.23. The van der Waals surface area contributed by atoms with Gasteiger partial charge in [0.2, 0.25) is 0 Å². The fraction of sp³-hybridized carbons (Fsp3) is 1.00. The molecule has 1 heterocycles. The van der Waals surface area contributed by atoms with Crippen LogP contribution in [0.5, 0.6) is 0 Å². The summed E-state index contributed by atoms with van der Waals surface area (Å²) in [7, 11) is 2.21. The minimum Gasteiger partial charge on any atom is -0.328 e. The van der Waals surface area contributed by atoms with E-state index in [1.54, 1.807) is 0 Å². The van der Waals surface area contributed by atoms with Gasteiger partial charge in [0.1, 0.15) is 0 Å². The Morgan fingerprint density at radius 1 is 1.20 bits per heavy atom.